The monoisotopic (exact) mass is 354 g/mol. The molecule has 3 heterocycles. The van der Waals surface area contributed by atoms with Crippen molar-refractivity contribution in [1.29, 1.82) is 0 Å². The predicted octanol–water partition coefficient (Wildman–Crippen LogP) is 1.18. The minimum atomic E-state index is -0.166. The zero-order valence-corrected chi connectivity index (χ0v) is 15.0. The van der Waals surface area contributed by atoms with Gasteiger partial charge in [0.2, 0.25) is 5.91 Å². The Morgan fingerprint density at radius 1 is 1.12 bits per heavy atom. The number of nitrogens with zero attached hydrogens (tertiary/aromatic N) is 5. The van der Waals surface area contributed by atoms with Crippen molar-refractivity contribution in [2.24, 2.45) is 5.73 Å². The summed E-state index contributed by atoms with van der Waals surface area (Å²) in [6.45, 7) is 3.81. The molecule has 1 atom stereocenters. The van der Waals surface area contributed by atoms with Crippen LogP contribution in [0.1, 0.15) is 31.5 Å². The highest BCUT2D eigenvalue weighted by Gasteiger charge is 2.35. The smallest absolute Gasteiger partial charge is 0.234 e. The SMILES string of the molecule is NC(=O)C1CCCN1C1CCN(Cc2ncnn2-c2ccccc2)CC1. The lowest BCUT2D eigenvalue weighted by atomic mass is 10.0. The van der Waals surface area contributed by atoms with Crippen molar-refractivity contribution in [3.05, 3.63) is 42.5 Å². The third kappa shape index (κ3) is 3.50. The molecule has 4 rings (SSSR count). The highest BCUT2D eigenvalue weighted by Crippen LogP contribution is 2.26. The summed E-state index contributed by atoms with van der Waals surface area (Å²) in [5, 5.41) is 4.38. The standard InChI is InChI=1S/C19H26N6O/c20-19(26)17-7-4-10-24(17)15-8-11-23(12-9-15)13-18-21-14-22-25(18)16-5-2-1-3-6-16/h1-3,5-6,14-15,17H,4,7-13H2,(H2,20,26). The number of piperidine rings is 1. The topological polar surface area (TPSA) is 80.3 Å². The Morgan fingerprint density at radius 2 is 1.88 bits per heavy atom. The number of carbonyl (C=O) groups is 1. The maximum atomic E-state index is 11.7. The summed E-state index contributed by atoms with van der Waals surface area (Å²) < 4.78 is 1.91. The normalized spacial score (nSPS) is 22.7. The molecule has 0 aliphatic carbocycles. The molecule has 2 N–H and O–H groups in total. The van der Waals surface area contributed by atoms with Crippen molar-refractivity contribution < 1.29 is 4.79 Å². The molecule has 26 heavy (non-hydrogen) atoms. The molecule has 2 aromatic rings. The molecule has 0 spiro atoms. The van der Waals surface area contributed by atoms with Crippen molar-refractivity contribution in [3.63, 3.8) is 0 Å². The first-order valence-corrected chi connectivity index (χ1v) is 9.44. The molecule has 7 nitrogen and oxygen atoms in total. The molecular weight excluding hydrogens is 328 g/mol. The Kier molecular flexibility index (Phi) is 4.99. The lowest BCUT2D eigenvalue weighted by Crippen LogP contribution is -2.50. The molecule has 1 amide bonds. The number of amides is 1. The second-order valence-electron chi connectivity index (χ2n) is 7.23. The summed E-state index contributed by atoms with van der Waals surface area (Å²) in [5.41, 5.74) is 6.61. The lowest BCUT2D eigenvalue weighted by Gasteiger charge is -2.38. The fourth-order valence-electron chi connectivity index (χ4n) is 4.30. The maximum Gasteiger partial charge on any atom is 0.234 e. The Hall–Kier alpha value is -2.25. The van der Waals surface area contributed by atoms with Crippen LogP contribution in [0.5, 0.6) is 0 Å². The van der Waals surface area contributed by atoms with E-state index < -0.39 is 0 Å². The molecule has 0 saturated carbocycles. The Balaban J connectivity index is 1.37. The molecule has 2 saturated heterocycles. The van der Waals surface area contributed by atoms with Crippen LogP contribution >= 0.6 is 0 Å². The van der Waals surface area contributed by atoms with E-state index in [0.717, 1.165) is 63.4 Å². The van der Waals surface area contributed by atoms with Crippen molar-refractivity contribution >= 4 is 5.91 Å². The predicted molar refractivity (Wildman–Crippen MR) is 98.6 cm³/mol. The van der Waals surface area contributed by atoms with Gasteiger partial charge < -0.3 is 5.73 Å². The molecule has 138 valence electrons. The summed E-state index contributed by atoms with van der Waals surface area (Å²) in [5.74, 6) is 0.798. The van der Waals surface area contributed by atoms with Crippen LogP contribution in [0.4, 0.5) is 0 Å². The zero-order valence-electron chi connectivity index (χ0n) is 15.0. The second-order valence-corrected chi connectivity index (χ2v) is 7.23. The van der Waals surface area contributed by atoms with Gasteiger partial charge in [-0.15, -0.1) is 0 Å². The first kappa shape index (κ1) is 17.2. The molecular formula is C19H26N6O. The number of nitrogens with two attached hydrogens (primary N) is 1. The molecule has 1 unspecified atom stereocenters. The third-order valence-electron chi connectivity index (χ3n) is 5.63. The van der Waals surface area contributed by atoms with Gasteiger partial charge in [0.05, 0.1) is 18.3 Å². The number of para-hydroxylation sites is 1. The van der Waals surface area contributed by atoms with Crippen LogP contribution in [0.2, 0.25) is 0 Å². The van der Waals surface area contributed by atoms with Gasteiger partial charge in [-0.05, 0) is 44.4 Å². The largest absolute Gasteiger partial charge is 0.368 e. The van der Waals surface area contributed by atoms with E-state index in [9.17, 15) is 4.79 Å². The minimum Gasteiger partial charge on any atom is -0.368 e. The van der Waals surface area contributed by atoms with E-state index in [-0.39, 0.29) is 11.9 Å². The number of likely N-dealkylation sites (tertiary alicyclic amines) is 2. The number of aromatic nitrogens is 3. The first-order valence-electron chi connectivity index (χ1n) is 9.44. The van der Waals surface area contributed by atoms with Gasteiger partial charge in [0.1, 0.15) is 12.2 Å². The van der Waals surface area contributed by atoms with Crippen molar-refractivity contribution in [1.82, 2.24) is 24.6 Å². The van der Waals surface area contributed by atoms with Crippen LogP contribution < -0.4 is 5.73 Å². The molecule has 7 heteroatoms. The average molecular weight is 354 g/mol. The third-order valence-corrected chi connectivity index (χ3v) is 5.63. The fourth-order valence-corrected chi connectivity index (χ4v) is 4.30. The molecule has 2 aliphatic rings. The Labute approximate surface area is 153 Å². The Bertz CT molecular complexity index is 737. The quantitative estimate of drug-likeness (QED) is 0.872. The van der Waals surface area contributed by atoms with Gasteiger partial charge in [0, 0.05) is 19.1 Å². The van der Waals surface area contributed by atoms with E-state index in [2.05, 4.69) is 19.9 Å². The zero-order chi connectivity index (χ0) is 17.9. The van der Waals surface area contributed by atoms with Crippen molar-refractivity contribution in [2.75, 3.05) is 19.6 Å². The average Bonchev–Trinajstić information content (AvgIpc) is 3.32. The van der Waals surface area contributed by atoms with E-state index in [4.69, 9.17) is 5.73 Å². The van der Waals surface area contributed by atoms with E-state index in [0.29, 0.717) is 6.04 Å². The van der Waals surface area contributed by atoms with Gasteiger partial charge >= 0.3 is 0 Å². The van der Waals surface area contributed by atoms with Gasteiger partial charge in [-0.2, -0.15) is 5.10 Å². The van der Waals surface area contributed by atoms with E-state index >= 15 is 0 Å². The van der Waals surface area contributed by atoms with Gasteiger partial charge in [0.25, 0.3) is 0 Å². The number of benzene rings is 1. The minimum absolute atomic E-state index is 0.0623. The number of carbonyl (C=O) groups excluding carboxylic acids is 1. The number of primary amides is 1. The van der Waals surface area contributed by atoms with Gasteiger partial charge in [-0.1, -0.05) is 18.2 Å². The van der Waals surface area contributed by atoms with E-state index in [1.165, 1.54) is 0 Å². The number of hydrogen-bond acceptors (Lipinski definition) is 5. The molecule has 0 bridgehead atoms. The van der Waals surface area contributed by atoms with Crippen molar-refractivity contribution in [2.45, 2.75) is 44.3 Å². The van der Waals surface area contributed by atoms with Crippen molar-refractivity contribution in [3.8, 4) is 5.69 Å². The number of rotatable bonds is 5. The maximum absolute atomic E-state index is 11.7. The molecule has 1 aromatic heterocycles. The first-order chi connectivity index (χ1) is 12.7. The van der Waals surface area contributed by atoms with Crippen LogP contribution in [0, 0.1) is 0 Å². The summed E-state index contributed by atoms with van der Waals surface area (Å²) in [6.07, 6.45) is 5.76. The van der Waals surface area contributed by atoms with Gasteiger partial charge in [-0.25, -0.2) is 9.67 Å². The highest BCUT2D eigenvalue weighted by molar-refractivity contribution is 5.80. The van der Waals surface area contributed by atoms with Gasteiger partial charge in [0.15, 0.2) is 0 Å². The lowest BCUT2D eigenvalue weighted by molar-refractivity contribution is -0.123. The van der Waals surface area contributed by atoms with E-state index in [1.807, 2.05) is 35.0 Å². The molecule has 2 fully saturated rings. The Morgan fingerprint density at radius 3 is 2.62 bits per heavy atom. The summed E-state index contributed by atoms with van der Waals surface area (Å²) in [7, 11) is 0. The number of hydrogen-bond donors (Lipinski definition) is 1. The molecule has 1 aromatic carbocycles. The van der Waals surface area contributed by atoms with Gasteiger partial charge in [-0.3, -0.25) is 14.6 Å². The van der Waals surface area contributed by atoms with Crippen LogP contribution in [0.25, 0.3) is 5.69 Å². The van der Waals surface area contributed by atoms with Crippen LogP contribution in [0.15, 0.2) is 36.7 Å². The van der Waals surface area contributed by atoms with Crippen LogP contribution in [0.3, 0.4) is 0 Å². The summed E-state index contributed by atoms with van der Waals surface area (Å²) in [6, 6.07) is 10.5. The second kappa shape index (κ2) is 7.55. The van der Waals surface area contributed by atoms with Crippen LogP contribution in [-0.2, 0) is 11.3 Å². The fraction of sp³-hybridized carbons (Fsp3) is 0.526. The molecule has 0 radical (unpaired) electrons. The summed E-state index contributed by atoms with van der Waals surface area (Å²) in [4.78, 5) is 20.9. The molecule has 2 aliphatic heterocycles. The summed E-state index contributed by atoms with van der Waals surface area (Å²) >= 11 is 0. The van der Waals surface area contributed by atoms with E-state index in [1.54, 1.807) is 6.33 Å². The highest BCUT2D eigenvalue weighted by atomic mass is 16.1. The van der Waals surface area contributed by atoms with Crippen LogP contribution in [-0.4, -0.2) is 62.2 Å².